The molecule has 3 heteroatoms. The van der Waals surface area contributed by atoms with Crippen molar-refractivity contribution in [2.45, 2.75) is 46.1 Å². The lowest BCUT2D eigenvalue weighted by Gasteiger charge is -2.09. The first-order valence-electron chi connectivity index (χ1n) is 6.42. The second kappa shape index (κ2) is 6.94. The highest BCUT2D eigenvalue weighted by Crippen LogP contribution is 2.23. The molecule has 18 heavy (non-hydrogen) atoms. The third-order valence-electron chi connectivity index (χ3n) is 2.77. The number of hydrogen-bond donors (Lipinski definition) is 0. The van der Waals surface area contributed by atoms with Gasteiger partial charge in [0.05, 0.1) is 6.10 Å². The number of hydrogen-bond acceptors (Lipinski definition) is 3. The van der Waals surface area contributed by atoms with Crippen molar-refractivity contribution in [1.29, 1.82) is 0 Å². The van der Waals surface area contributed by atoms with E-state index < -0.39 is 0 Å². The molecule has 98 valence electrons. The lowest BCUT2D eigenvalue weighted by Crippen LogP contribution is -2.12. The van der Waals surface area contributed by atoms with Gasteiger partial charge in [0, 0.05) is 17.6 Å². The molecule has 2 aliphatic carbocycles. The molecule has 0 spiro atoms. The van der Waals surface area contributed by atoms with Gasteiger partial charge >= 0.3 is 5.97 Å². The molecule has 2 aliphatic rings. The molecule has 0 saturated carbocycles. The van der Waals surface area contributed by atoms with Crippen LogP contribution in [0.2, 0.25) is 0 Å². The van der Waals surface area contributed by atoms with E-state index in [1.165, 1.54) is 0 Å². The van der Waals surface area contributed by atoms with Crippen LogP contribution >= 0.6 is 0 Å². The Morgan fingerprint density at radius 3 is 2.06 bits per heavy atom. The van der Waals surface area contributed by atoms with Crippen molar-refractivity contribution < 1.29 is 14.3 Å². The van der Waals surface area contributed by atoms with Crippen LogP contribution in [0.1, 0.15) is 40.0 Å². The second-order valence-electron chi connectivity index (χ2n) is 4.37. The van der Waals surface area contributed by atoms with E-state index in [0.29, 0.717) is 6.42 Å². The molecule has 0 radical (unpaired) electrons. The highest BCUT2D eigenvalue weighted by atomic mass is 16.5. The van der Waals surface area contributed by atoms with E-state index >= 15 is 0 Å². The van der Waals surface area contributed by atoms with Gasteiger partial charge in [-0.2, -0.15) is 0 Å². The topological polar surface area (TPSA) is 43.4 Å². The fourth-order valence-electron chi connectivity index (χ4n) is 1.51. The Morgan fingerprint density at radius 1 is 1.22 bits per heavy atom. The van der Waals surface area contributed by atoms with Crippen molar-refractivity contribution in [3.05, 3.63) is 35.5 Å². The largest absolute Gasteiger partial charge is 0.463 e. The number of carbonyl (C=O) groups excluding carboxylic acids is 2. The number of fused-ring (bicyclic) bond motifs is 2. The second-order valence-corrected chi connectivity index (χ2v) is 4.37. The molecule has 1 unspecified atom stereocenters. The zero-order valence-corrected chi connectivity index (χ0v) is 11.2. The third kappa shape index (κ3) is 3.99. The van der Waals surface area contributed by atoms with Gasteiger partial charge in [0.1, 0.15) is 0 Å². The van der Waals surface area contributed by atoms with Crippen molar-refractivity contribution in [3.63, 3.8) is 0 Å². The van der Waals surface area contributed by atoms with Crippen molar-refractivity contribution >= 4 is 11.8 Å². The zero-order valence-electron chi connectivity index (χ0n) is 11.2. The summed E-state index contributed by atoms with van der Waals surface area (Å²) < 4.78 is 5.00. The van der Waals surface area contributed by atoms with Crippen LogP contribution in [0.4, 0.5) is 0 Å². The molecule has 0 aliphatic heterocycles. The quantitative estimate of drug-likeness (QED) is 0.718. The van der Waals surface area contributed by atoms with Gasteiger partial charge in [-0.15, -0.1) is 0 Å². The SMILES string of the molecule is CCCC(=O)OC(C)CC.O=C1C2=CC=C1C=C2. The van der Waals surface area contributed by atoms with Gasteiger partial charge in [-0.3, -0.25) is 9.59 Å². The lowest BCUT2D eigenvalue weighted by molar-refractivity contribution is -0.148. The average molecular weight is 248 g/mol. The molecule has 0 fully saturated rings. The number of carbonyl (C=O) groups is 2. The van der Waals surface area contributed by atoms with E-state index in [1.54, 1.807) is 0 Å². The van der Waals surface area contributed by atoms with Gasteiger partial charge in [0.15, 0.2) is 5.78 Å². The van der Waals surface area contributed by atoms with Crippen LogP contribution in [0.15, 0.2) is 35.5 Å². The fourth-order valence-corrected chi connectivity index (χ4v) is 1.51. The minimum absolute atomic E-state index is 0.0724. The Kier molecular flexibility index (Phi) is 5.56. The molecular weight excluding hydrogens is 228 g/mol. The average Bonchev–Trinajstić information content (AvgIpc) is 2.88. The number of ketones is 1. The maximum atomic E-state index is 10.8. The minimum Gasteiger partial charge on any atom is -0.463 e. The maximum absolute atomic E-state index is 10.8. The molecule has 0 N–H and O–H groups in total. The van der Waals surface area contributed by atoms with E-state index in [2.05, 4.69) is 0 Å². The molecule has 0 aromatic rings. The van der Waals surface area contributed by atoms with E-state index in [1.807, 2.05) is 45.1 Å². The molecular formula is C15H20O3. The third-order valence-corrected chi connectivity index (χ3v) is 2.77. The molecule has 1 atom stereocenters. The van der Waals surface area contributed by atoms with E-state index in [4.69, 9.17) is 4.74 Å². The highest BCUT2D eigenvalue weighted by Gasteiger charge is 2.19. The van der Waals surface area contributed by atoms with E-state index in [-0.39, 0.29) is 17.9 Å². The van der Waals surface area contributed by atoms with Crippen molar-refractivity contribution in [3.8, 4) is 0 Å². The van der Waals surface area contributed by atoms with Crippen LogP contribution in [0.3, 0.4) is 0 Å². The lowest BCUT2D eigenvalue weighted by atomic mass is 10.2. The Balaban J connectivity index is 0.000000182. The smallest absolute Gasteiger partial charge is 0.306 e. The van der Waals surface area contributed by atoms with Gasteiger partial charge in [0.2, 0.25) is 0 Å². The highest BCUT2D eigenvalue weighted by molar-refractivity contribution is 6.17. The van der Waals surface area contributed by atoms with Crippen LogP contribution in [0, 0.1) is 0 Å². The first kappa shape index (κ1) is 14.4. The normalized spacial score (nSPS) is 16.7. The van der Waals surface area contributed by atoms with Gasteiger partial charge in [-0.1, -0.05) is 38.2 Å². The van der Waals surface area contributed by atoms with Gasteiger partial charge in [-0.25, -0.2) is 0 Å². The number of rotatable bonds is 4. The van der Waals surface area contributed by atoms with Crippen LogP contribution in [-0.2, 0) is 14.3 Å². The zero-order chi connectivity index (χ0) is 13.5. The Labute approximate surface area is 108 Å². The number of ether oxygens (including phenoxy) is 1. The summed E-state index contributed by atoms with van der Waals surface area (Å²) in [7, 11) is 0. The summed E-state index contributed by atoms with van der Waals surface area (Å²) in [4.78, 5) is 21.6. The summed E-state index contributed by atoms with van der Waals surface area (Å²) in [6.07, 6.45) is 9.78. The summed E-state index contributed by atoms with van der Waals surface area (Å²) in [5, 5.41) is 0. The van der Waals surface area contributed by atoms with Crippen LogP contribution in [0.5, 0.6) is 0 Å². The molecule has 0 saturated heterocycles. The van der Waals surface area contributed by atoms with Crippen molar-refractivity contribution in [2.24, 2.45) is 0 Å². The summed E-state index contributed by atoms with van der Waals surface area (Å²) in [6, 6.07) is 0. The summed E-state index contributed by atoms with van der Waals surface area (Å²) in [5.74, 6) is 0.113. The van der Waals surface area contributed by atoms with E-state index in [9.17, 15) is 9.59 Å². The maximum Gasteiger partial charge on any atom is 0.306 e. The molecule has 0 heterocycles. The van der Waals surface area contributed by atoms with Crippen LogP contribution < -0.4 is 0 Å². The predicted octanol–water partition coefficient (Wildman–Crippen LogP) is 3.12. The molecule has 3 nitrogen and oxygen atoms in total. The first-order valence-corrected chi connectivity index (χ1v) is 6.42. The van der Waals surface area contributed by atoms with Crippen LogP contribution in [0.25, 0.3) is 0 Å². The summed E-state index contributed by atoms with van der Waals surface area (Å²) >= 11 is 0. The summed E-state index contributed by atoms with van der Waals surface area (Å²) in [5.41, 5.74) is 1.67. The van der Waals surface area contributed by atoms with Crippen molar-refractivity contribution in [2.75, 3.05) is 0 Å². The van der Waals surface area contributed by atoms with Gasteiger partial charge in [0.25, 0.3) is 0 Å². The standard InChI is InChI=1S/C8H16O2.C7H4O/c1-4-6-8(9)10-7(3)5-2;8-7-5-1-2-6(7)4-3-5/h7H,4-6H2,1-3H3;1-4H. The molecule has 2 rings (SSSR count). The molecule has 0 aromatic heterocycles. The number of Topliss-reactive ketones (excluding diaryl/α,β-unsaturated/α-hetero) is 1. The molecule has 2 bridgehead atoms. The van der Waals surface area contributed by atoms with E-state index in [0.717, 1.165) is 24.0 Å². The number of esters is 1. The molecule has 0 amide bonds. The minimum atomic E-state index is -0.0724. The fraction of sp³-hybridized carbons (Fsp3) is 0.467. The summed E-state index contributed by atoms with van der Waals surface area (Å²) in [6.45, 7) is 5.88. The predicted molar refractivity (Wildman–Crippen MR) is 71.1 cm³/mol. The van der Waals surface area contributed by atoms with Gasteiger partial charge < -0.3 is 4.74 Å². The van der Waals surface area contributed by atoms with Crippen molar-refractivity contribution in [1.82, 2.24) is 0 Å². The monoisotopic (exact) mass is 248 g/mol. The Bertz CT molecular complexity index is 389. The van der Waals surface area contributed by atoms with Crippen LogP contribution in [-0.4, -0.2) is 17.9 Å². The number of allylic oxidation sites excluding steroid dienone is 6. The first-order chi connectivity index (χ1) is 8.58. The molecule has 0 aromatic carbocycles. The van der Waals surface area contributed by atoms with Gasteiger partial charge in [-0.05, 0) is 19.8 Å². The Hall–Kier alpha value is -1.64. The Morgan fingerprint density at radius 2 is 1.78 bits per heavy atom.